The summed E-state index contributed by atoms with van der Waals surface area (Å²) in [5, 5.41) is 3.19. The van der Waals surface area contributed by atoms with E-state index >= 15 is 0 Å². The van der Waals surface area contributed by atoms with Crippen LogP contribution in [0.25, 0.3) is 11.1 Å². The predicted octanol–water partition coefficient (Wildman–Crippen LogP) is 7.34. The first-order valence-electron chi connectivity index (χ1n) is 16.5. The summed E-state index contributed by atoms with van der Waals surface area (Å²) >= 11 is 0. The van der Waals surface area contributed by atoms with E-state index < -0.39 is 7.92 Å². The first kappa shape index (κ1) is 24.3. The second kappa shape index (κ2) is 8.37. The van der Waals surface area contributed by atoms with Gasteiger partial charge in [0.1, 0.15) is 12.1 Å². The van der Waals surface area contributed by atoms with Gasteiger partial charge in [0.15, 0.2) is 0 Å². The topological polar surface area (TPSA) is 13.0 Å². The molecule has 5 aliphatic heterocycles. The zero-order valence-electron chi connectivity index (χ0n) is 25.0. The van der Waals surface area contributed by atoms with E-state index in [1.54, 1.807) is 10.6 Å². The molecule has 5 heterocycles. The highest BCUT2D eigenvalue weighted by Gasteiger charge is 2.59. The smallest absolute Gasteiger partial charge is 0.133 e. The lowest BCUT2D eigenvalue weighted by Crippen LogP contribution is -2.56. The molecule has 0 N–H and O–H groups in total. The van der Waals surface area contributed by atoms with Crippen LogP contribution in [0, 0.1) is 0 Å². The van der Waals surface area contributed by atoms with E-state index in [1.807, 2.05) is 0 Å². The fourth-order valence-electron chi connectivity index (χ4n) is 10.3. The van der Waals surface area contributed by atoms with Crippen LogP contribution in [0.3, 0.4) is 0 Å². The van der Waals surface area contributed by atoms with Crippen molar-refractivity contribution in [2.45, 2.75) is 68.6 Å². The number of hydrogen-bond donors (Lipinski definition) is 0. The number of rotatable bonds is 0. The van der Waals surface area contributed by atoms with Crippen LogP contribution >= 0.6 is 7.92 Å². The van der Waals surface area contributed by atoms with E-state index in [9.17, 15) is 0 Å². The Morgan fingerprint density at radius 3 is 1.80 bits per heavy atom. The van der Waals surface area contributed by atoms with E-state index in [2.05, 4.69) is 136 Å². The molecule has 0 saturated heterocycles. The second-order valence-electron chi connectivity index (χ2n) is 13.6. The van der Waals surface area contributed by atoms with E-state index in [0.29, 0.717) is 24.2 Å². The van der Waals surface area contributed by atoms with Crippen LogP contribution < -0.4 is 20.4 Å². The van der Waals surface area contributed by atoms with Crippen LogP contribution in [0.2, 0.25) is 0 Å². The Morgan fingerprint density at radius 1 is 0.568 bits per heavy atom. The average Bonchev–Trinajstić information content (AvgIpc) is 3.76. The van der Waals surface area contributed by atoms with Crippen molar-refractivity contribution < 1.29 is 0 Å². The van der Waals surface area contributed by atoms with E-state index in [4.69, 9.17) is 0 Å². The Labute approximate surface area is 260 Å². The molecule has 11 rings (SSSR count). The molecular weight excluding hydrogens is 555 g/mol. The SMILES string of the molecule is C[C@H]1N2C=CN1C1CCCCCC1N1C=CN3c4cccc5c4P(c4c2cccc4C52c4ccccc4-c4ccccc42)[C@H]31. The minimum atomic E-state index is -0.692. The summed E-state index contributed by atoms with van der Waals surface area (Å²) in [6.07, 6.45) is 16.6. The van der Waals surface area contributed by atoms with Gasteiger partial charge in [-0.05, 0) is 65.3 Å². The third-order valence-corrected chi connectivity index (χ3v) is 14.8. The highest BCUT2D eigenvalue weighted by molar-refractivity contribution is 7.75. The fraction of sp³-hybridized carbons (Fsp3) is 0.282. The lowest BCUT2D eigenvalue weighted by molar-refractivity contribution is 0.116. The molecule has 4 aromatic rings. The van der Waals surface area contributed by atoms with Crippen molar-refractivity contribution >= 4 is 29.9 Å². The summed E-state index contributed by atoms with van der Waals surface area (Å²) in [5.74, 6) is 0.325. The Balaban J connectivity index is 1.29. The zero-order valence-corrected chi connectivity index (χ0v) is 25.9. The maximum atomic E-state index is 2.84. The van der Waals surface area contributed by atoms with Gasteiger partial charge in [-0.2, -0.15) is 0 Å². The highest BCUT2D eigenvalue weighted by atomic mass is 31.1. The molecule has 2 aliphatic carbocycles. The molecule has 1 fully saturated rings. The summed E-state index contributed by atoms with van der Waals surface area (Å²) in [6, 6.07) is 34.0. The summed E-state index contributed by atoms with van der Waals surface area (Å²) in [5.41, 5.74) is 11.1. The lowest BCUT2D eigenvalue weighted by Gasteiger charge is -2.49. The standard InChI is InChI=1S/C39H35N4P/c1-25-40-21-22-41(25)34-19-9-15-30-36(34)44-37-31(39(30)28-13-7-5-11-26(28)27-12-6-8-14-29(27)39)16-10-20-35(37)43-24-23-42(38(43)44)33-18-4-2-3-17-32(33)40/h5-16,19-25,32-33,38H,2-4,17-18H2,1H3/t25-,32?,33?,38+,44?/m1/s1. The molecule has 0 aromatic heterocycles. The van der Waals surface area contributed by atoms with Gasteiger partial charge in [-0.25, -0.2) is 0 Å². The van der Waals surface area contributed by atoms with E-state index in [-0.39, 0.29) is 5.41 Å². The van der Waals surface area contributed by atoms with Crippen LogP contribution in [0.5, 0.6) is 0 Å². The first-order valence-corrected chi connectivity index (χ1v) is 17.9. The predicted molar refractivity (Wildman–Crippen MR) is 181 cm³/mol. The maximum absolute atomic E-state index is 2.84. The summed E-state index contributed by atoms with van der Waals surface area (Å²) in [4.78, 5) is 10.8. The lowest BCUT2D eigenvalue weighted by atomic mass is 9.67. The molecule has 0 amide bonds. The molecule has 216 valence electrons. The maximum Gasteiger partial charge on any atom is 0.133 e. The summed E-state index contributed by atoms with van der Waals surface area (Å²) in [7, 11) is -0.692. The van der Waals surface area contributed by atoms with Crippen molar-refractivity contribution in [1.82, 2.24) is 9.80 Å². The Hall–Kier alpha value is -4.01. The minimum Gasteiger partial charge on any atom is -0.351 e. The van der Waals surface area contributed by atoms with Gasteiger partial charge >= 0.3 is 0 Å². The molecule has 3 unspecified atom stereocenters. The summed E-state index contributed by atoms with van der Waals surface area (Å²) in [6.45, 7) is 2.44. The monoisotopic (exact) mass is 590 g/mol. The van der Waals surface area contributed by atoms with Gasteiger partial charge in [-0.15, -0.1) is 0 Å². The third kappa shape index (κ3) is 2.65. The quantitative estimate of drug-likeness (QED) is 0.175. The average molecular weight is 591 g/mol. The second-order valence-corrected chi connectivity index (χ2v) is 15.7. The van der Waals surface area contributed by atoms with Crippen LogP contribution in [-0.2, 0) is 5.41 Å². The minimum absolute atomic E-state index is 0.291. The van der Waals surface area contributed by atoms with Gasteiger partial charge in [-0.1, -0.05) is 92.1 Å². The Kier molecular flexibility index (Phi) is 4.63. The van der Waals surface area contributed by atoms with Crippen LogP contribution in [0.15, 0.2) is 110 Å². The molecule has 5 heteroatoms. The first-order chi connectivity index (χ1) is 21.8. The summed E-state index contributed by atoms with van der Waals surface area (Å²) < 4.78 is 0. The Bertz CT molecular complexity index is 1920. The number of anilines is 2. The number of fused-ring (bicyclic) bond motifs is 14. The van der Waals surface area contributed by atoms with Crippen molar-refractivity contribution in [3.63, 3.8) is 0 Å². The van der Waals surface area contributed by atoms with Crippen molar-refractivity contribution in [3.8, 4) is 11.1 Å². The van der Waals surface area contributed by atoms with Gasteiger partial charge in [0.25, 0.3) is 0 Å². The van der Waals surface area contributed by atoms with E-state index in [1.165, 1.54) is 76.9 Å². The zero-order chi connectivity index (χ0) is 28.7. The largest absolute Gasteiger partial charge is 0.351 e. The highest BCUT2D eigenvalue weighted by Crippen LogP contribution is 2.67. The normalized spacial score (nSPS) is 28.6. The van der Waals surface area contributed by atoms with Crippen molar-refractivity contribution in [3.05, 3.63) is 132 Å². The molecule has 5 atom stereocenters. The number of nitrogens with zero attached hydrogens (tertiary/aromatic N) is 4. The number of hydrogen-bond acceptors (Lipinski definition) is 4. The van der Waals surface area contributed by atoms with Gasteiger partial charge in [0.05, 0.1) is 28.9 Å². The molecular formula is C39H35N4P. The van der Waals surface area contributed by atoms with E-state index in [0.717, 1.165) is 0 Å². The van der Waals surface area contributed by atoms with Crippen LogP contribution in [-0.4, -0.2) is 34.0 Å². The molecule has 44 heavy (non-hydrogen) atoms. The van der Waals surface area contributed by atoms with Gasteiger partial charge in [-0.3, -0.25) is 0 Å². The molecule has 4 aromatic carbocycles. The van der Waals surface area contributed by atoms with Crippen molar-refractivity contribution in [2.24, 2.45) is 0 Å². The van der Waals surface area contributed by atoms with Crippen molar-refractivity contribution in [1.29, 1.82) is 0 Å². The fourth-order valence-corrected chi connectivity index (χ4v) is 13.8. The van der Waals surface area contributed by atoms with Crippen LogP contribution in [0.4, 0.5) is 11.4 Å². The van der Waals surface area contributed by atoms with Gasteiger partial charge in [0, 0.05) is 43.3 Å². The Morgan fingerprint density at radius 2 is 1.11 bits per heavy atom. The van der Waals surface area contributed by atoms with Crippen molar-refractivity contribution in [2.75, 3.05) is 9.80 Å². The molecule has 4 nitrogen and oxygen atoms in total. The third-order valence-electron chi connectivity index (χ3n) is 11.9. The van der Waals surface area contributed by atoms with Crippen LogP contribution in [0.1, 0.15) is 61.3 Å². The molecule has 1 saturated carbocycles. The molecule has 2 bridgehead atoms. The van der Waals surface area contributed by atoms with Gasteiger partial charge < -0.3 is 19.6 Å². The molecule has 0 radical (unpaired) electrons. The number of benzene rings is 4. The molecule has 1 spiro atoms. The van der Waals surface area contributed by atoms with Gasteiger partial charge in [0.2, 0.25) is 0 Å². The molecule has 7 aliphatic rings.